The van der Waals surface area contributed by atoms with Gasteiger partial charge < -0.3 is 25.4 Å². The summed E-state index contributed by atoms with van der Waals surface area (Å²) in [5, 5.41) is 9.27. The molecule has 0 rings (SSSR count). The number of amides is 1. The molecule has 7 nitrogen and oxygen atoms in total. The smallest absolute Gasteiger partial charge is 0.407 e. The zero-order valence-electron chi connectivity index (χ0n) is 16.0. The minimum absolute atomic E-state index is 0.382. The number of rotatable bonds is 11. The third-order valence-corrected chi connectivity index (χ3v) is 2.93. The van der Waals surface area contributed by atoms with E-state index >= 15 is 0 Å². The number of aliphatic imine (C=N–C) groups is 1. The molecule has 0 aliphatic carbocycles. The lowest BCUT2D eigenvalue weighted by atomic mass is 10.2. The van der Waals surface area contributed by atoms with Crippen LogP contribution in [0.15, 0.2) is 4.99 Å². The molecule has 0 atom stereocenters. The predicted molar refractivity (Wildman–Crippen MR) is 98.6 cm³/mol. The molecule has 0 unspecified atom stereocenters. The number of hydrogen-bond donors (Lipinski definition) is 3. The first-order valence-electron chi connectivity index (χ1n) is 8.87. The Hall–Kier alpha value is -1.50. The SMILES string of the molecule is CCNC(=NCCCNC(=O)OC(C)(C)C)NCCCCCOC. The van der Waals surface area contributed by atoms with Crippen molar-refractivity contribution in [2.24, 2.45) is 4.99 Å². The molecule has 0 aromatic heterocycles. The van der Waals surface area contributed by atoms with Gasteiger partial charge in [0.2, 0.25) is 0 Å². The van der Waals surface area contributed by atoms with Crippen LogP contribution < -0.4 is 16.0 Å². The Balaban J connectivity index is 3.85. The Morgan fingerprint density at radius 1 is 1.00 bits per heavy atom. The van der Waals surface area contributed by atoms with Gasteiger partial charge in [-0.15, -0.1) is 0 Å². The summed E-state index contributed by atoms with van der Waals surface area (Å²) >= 11 is 0. The molecule has 1 amide bonds. The van der Waals surface area contributed by atoms with Crippen molar-refractivity contribution in [1.29, 1.82) is 0 Å². The van der Waals surface area contributed by atoms with Crippen LogP contribution in [0.25, 0.3) is 0 Å². The molecule has 142 valence electrons. The van der Waals surface area contributed by atoms with Crippen molar-refractivity contribution in [2.45, 2.75) is 59.0 Å². The Bertz CT molecular complexity index is 354. The molecule has 0 spiro atoms. The van der Waals surface area contributed by atoms with E-state index < -0.39 is 5.60 Å². The summed E-state index contributed by atoms with van der Waals surface area (Å²) in [6.07, 6.45) is 3.70. The number of hydrogen-bond acceptors (Lipinski definition) is 4. The quantitative estimate of drug-likeness (QED) is 0.304. The number of methoxy groups -OCH3 is 1. The Morgan fingerprint density at radius 2 is 1.71 bits per heavy atom. The second-order valence-electron chi connectivity index (χ2n) is 6.52. The van der Waals surface area contributed by atoms with Gasteiger partial charge in [0, 0.05) is 39.9 Å². The van der Waals surface area contributed by atoms with Crippen molar-refractivity contribution >= 4 is 12.1 Å². The highest BCUT2D eigenvalue weighted by atomic mass is 16.6. The van der Waals surface area contributed by atoms with E-state index in [0.717, 1.165) is 51.3 Å². The van der Waals surface area contributed by atoms with Gasteiger partial charge in [0.25, 0.3) is 0 Å². The summed E-state index contributed by atoms with van der Waals surface area (Å²) in [4.78, 5) is 16.0. The fraction of sp³-hybridized carbons (Fsp3) is 0.882. The fourth-order valence-corrected chi connectivity index (χ4v) is 1.87. The van der Waals surface area contributed by atoms with E-state index in [2.05, 4.69) is 20.9 Å². The highest BCUT2D eigenvalue weighted by Gasteiger charge is 2.15. The molecule has 0 saturated carbocycles. The van der Waals surface area contributed by atoms with E-state index in [1.54, 1.807) is 7.11 Å². The molecular weight excluding hydrogens is 308 g/mol. The number of nitrogens with one attached hydrogen (secondary N) is 3. The Morgan fingerprint density at radius 3 is 2.33 bits per heavy atom. The lowest BCUT2D eigenvalue weighted by Crippen LogP contribution is -2.38. The van der Waals surface area contributed by atoms with Crippen molar-refractivity contribution in [1.82, 2.24) is 16.0 Å². The molecule has 3 N–H and O–H groups in total. The lowest BCUT2D eigenvalue weighted by Gasteiger charge is -2.19. The van der Waals surface area contributed by atoms with Gasteiger partial charge in [-0.1, -0.05) is 0 Å². The molecule has 0 heterocycles. The minimum Gasteiger partial charge on any atom is -0.444 e. The van der Waals surface area contributed by atoms with E-state index in [1.807, 2.05) is 27.7 Å². The lowest BCUT2D eigenvalue weighted by molar-refractivity contribution is 0.0527. The van der Waals surface area contributed by atoms with Crippen LogP contribution in [0.2, 0.25) is 0 Å². The molecule has 0 aliphatic heterocycles. The molecule has 0 aromatic rings. The van der Waals surface area contributed by atoms with Crippen molar-refractivity contribution in [3.8, 4) is 0 Å². The van der Waals surface area contributed by atoms with Gasteiger partial charge >= 0.3 is 6.09 Å². The van der Waals surface area contributed by atoms with Gasteiger partial charge in [-0.25, -0.2) is 4.79 Å². The van der Waals surface area contributed by atoms with Crippen molar-refractivity contribution < 1.29 is 14.3 Å². The Kier molecular flexibility index (Phi) is 13.0. The molecule has 0 aromatic carbocycles. The maximum absolute atomic E-state index is 11.5. The van der Waals surface area contributed by atoms with Gasteiger partial charge in [0.1, 0.15) is 5.60 Å². The Labute approximate surface area is 147 Å². The molecule has 0 radical (unpaired) electrons. The molecule has 0 aliphatic rings. The number of nitrogens with zero attached hydrogens (tertiary/aromatic N) is 1. The van der Waals surface area contributed by atoms with Gasteiger partial charge in [0.05, 0.1) is 0 Å². The van der Waals surface area contributed by atoms with Gasteiger partial charge in [-0.2, -0.15) is 0 Å². The third kappa shape index (κ3) is 15.4. The molecular formula is C17H36N4O3. The molecule has 0 fully saturated rings. The standard InChI is InChI=1S/C17H36N4O3/c1-6-18-15(19-11-8-7-9-14-23-5)20-12-10-13-21-16(22)24-17(2,3)4/h6-14H2,1-5H3,(H,21,22)(H2,18,19,20). The predicted octanol–water partition coefficient (Wildman–Crippen LogP) is 2.27. The number of guanidine groups is 1. The summed E-state index contributed by atoms with van der Waals surface area (Å²) in [7, 11) is 1.73. The summed E-state index contributed by atoms with van der Waals surface area (Å²) in [5.74, 6) is 0.821. The first-order valence-corrected chi connectivity index (χ1v) is 8.87. The average Bonchev–Trinajstić information content (AvgIpc) is 2.48. The third-order valence-electron chi connectivity index (χ3n) is 2.93. The van der Waals surface area contributed by atoms with Gasteiger partial charge in [-0.05, 0) is 53.4 Å². The van der Waals surface area contributed by atoms with E-state index in [9.17, 15) is 4.79 Å². The minimum atomic E-state index is -0.465. The van der Waals surface area contributed by atoms with Crippen molar-refractivity contribution in [2.75, 3.05) is 39.9 Å². The van der Waals surface area contributed by atoms with Gasteiger partial charge in [0.15, 0.2) is 5.96 Å². The van der Waals surface area contributed by atoms with Crippen LogP contribution in [0, 0.1) is 0 Å². The van der Waals surface area contributed by atoms with E-state index in [-0.39, 0.29) is 6.09 Å². The number of unbranched alkanes of at least 4 members (excludes halogenated alkanes) is 2. The zero-order valence-corrected chi connectivity index (χ0v) is 16.0. The van der Waals surface area contributed by atoms with Crippen LogP contribution in [0.3, 0.4) is 0 Å². The summed E-state index contributed by atoms with van der Waals surface area (Å²) < 4.78 is 10.2. The molecule has 7 heteroatoms. The van der Waals surface area contributed by atoms with Crippen LogP contribution in [0.4, 0.5) is 4.79 Å². The van der Waals surface area contributed by atoms with Crippen molar-refractivity contribution in [3.05, 3.63) is 0 Å². The number of carbonyl (C=O) groups excluding carboxylic acids is 1. The maximum atomic E-state index is 11.5. The molecule has 0 bridgehead atoms. The van der Waals surface area contributed by atoms with Crippen LogP contribution in [0.5, 0.6) is 0 Å². The number of carbonyl (C=O) groups is 1. The average molecular weight is 345 g/mol. The van der Waals surface area contributed by atoms with E-state index in [0.29, 0.717) is 13.1 Å². The second kappa shape index (κ2) is 13.9. The highest BCUT2D eigenvalue weighted by molar-refractivity contribution is 5.79. The van der Waals surface area contributed by atoms with E-state index in [1.165, 1.54) is 0 Å². The first kappa shape index (κ1) is 22.5. The van der Waals surface area contributed by atoms with Crippen molar-refractivity contribution in [3.63, 3.8) is 0 Å². The van der Waals surface area contributed by atoms with Crippen LogP contribution in [0.1, 0.15) is 53.4 Å². The first-order chi connectivity index (χ1) is 11.4. The fourth-order valence-electron chi connectivity index (χ4n) is 1.87. The largest absolute Gasteiger partial charge is 0.444 e. The topological polar surface area (TPSA) is 84.0 Å². The highest BCUT2D eigenvalue weighted by Crippen LogP contribution is 2.06. The van der Waals surface area contributed by atoms with Crippen LogP contribution in [-0.4, -0.2) is 57.5 Å². The van der Waals surface area contributed by atoms with Crippen LogP contribution >= 0.6 is 0 Å². The van der Waals surface area contributed by atoms with E-state index in [4.69, 9.17) is 9.47 Å². The van der Waals surface area contributed by atoms with Crippen LogP contribution in [-0.2, 0) is 9.47 Å². The van der Waals surface area contributed by atoms with Gasteiger partial charge in [-0.3, -0.25) is 4.99 Å². The maximum Gasteiger partial charge on any atom is 0.407 e. The monoisotopic (exact) mass is 344 g/mol. The molecule has 24 heavy (non-hydrogen) atoms. The number of ether oxygens (including phenoxy) is 2. The zero-order chi connectivity index (χ0) is 18.3. The summed E-state index contributed by atoms with van der Waals surface area (Å²) in [6.45, 7) is 11.3. The number of alkyl carbamates (subject to hydrolysis) is 1. The summed E-state index contributed by atoms with van der Waals surface area (Å²) in [6, 6.07) is 0. The second-order valence-corrected chi connectivity index (χ2v) is 6.52. The normalized spacial score (nSPS) is 12.0. The molecule has 0 saturated heterocycles. The summed E-state index contributed by atoms with van der Waals surface area (Å²) in [5.41, 5.74) is -0.465.